The zero-order valence-electron chi connectivity index (χ0n) is 9.84. The SMILES string of the molecule is O=C(Nc1ccc([N+](=O)[O-])cc1F)c1ccnc(F)c1. The van der Waals surface area contributed by atoms with Crippen LogP contribution in [0.3, 0.4) is 0 Å². The van der Waals surface area contributed by atoms with E-state index in [1.807, 2.05) is 0 Å². The van der Waals surface area contributed by atoms with Gasteiger partial charge in [0.25, 0.3) is 11.6 Å². The second-order valence-corrected chi connectivity index (χ2v) is 3.74. The summed E-state index contributed by atoms with van der Waals surface area (Å²) in [7, 11) is 0. The summed E-state index contributed by atoms with van der Waals surface area (Å²) in [5.41, 5.74) is -0.719. The number of non-ortho nitro benzene ring substituents is 1. The largest absolute Gasteiger partial charge is 0.319 e. The van der Waals surface area contributed by atoms with Crippen molar-refractivity contribution in [3.05, 3.63) is 64.0 Å². The first kappa shape index (κ1) is 13.5. The molecular formula is C12H7F2N3O3. The molecule has 0 saturated heterocycles. The van der Waals surface area contributed by atoms with Gasteiger partial charge in [-0.15, -0.1) is 0 Å². The average Bonchev–Trinajstić information content (AvgIpc) is 2.40. The van der Waals surface area contributed by atoms with Gasteiger partial charge < -0.3 is 5.32 Å². The number of rotatable bonds is 3. The molecule has 0 saturated carbocycles. The second kappa shape index (κ2) is 5.39. The minimum Gasteiger partial charge on any atom is -0.319 e. The van der Waals surface area contributed by atoms with E-state index in [1.165, 1.54) is 6.07 Å². The number of hydrogen-bond donors (Lipinski definition) is 1. The Bertz CT molecular complexity index is 691. The van der Waals surface area contributed by atoms with E-state index < -0.39 is 28.3 Å². The lowest BCUT2D eigenvalue weighted by Gasteiger charge is -2.06. The molecule has 0 aliphatic rings. The van der Waals surface area contributed by atoms with Crippen molar-refractivity contribution in [2.75, 3.05) is 5.32 Å². The number of nitrogens with zero attached hydrogens (tertiary/aromatic N) is 2. The van der Waals surface area contributed by atoms with Crippen molar-refractivity contribution >= 4 is 17.3 Å². The van der Waals surface area contributed by atoms with Crippen LogP contribution in [0.1, 0.15) is 10.4 Å². The van der Waals surface area contributed by atoms with Crippen molar-refractivity contribution < 1.29 is 18.5 Å². The first-order valence-corrected chi connectivity index (χ1v) is 5.34. The molecule has 0 aliphatic carbocycles. The van der Waals surface area contributed by atoms with Crippen LogP contribution in [0.5, 0.6) is 0 Å². The Kier molecular flexibility index (Phi) is 3.65. The van der Waals surface area contributed by atoms with E-state index in [1.54, 1.807) is 0 Å². The fourth-order valence-electron chi connectivity index (χ4n) is 1.46. The van der Waals surface area contributed by atoms with Crippen molar-refractivity contribution in [1.82, 2.24) is 4.98 Å². The number of nitro groups is 1. The summed E-state index contributed by atoms with van der Waals surface area (Å²) in [6.45, 7) is 0. The van der Waals surface area contributed by atoms with Gasteiger partial charge >= 0.3 is 0 Å². The third-order valence-corrected chi connectivity index (χ3v) is 2.40. The minimum absolute atomic E-state index is 0.0461. The van der Waals surface area contributed by atoms with Crippen LogP contribution in [0.2, 0.25) is 0 Å². The molecule has 102 valence electrons. The van der Waals surface area contributed by atoms with Crippen LogP contribution < -0.4 is 5.32 Å². The third-order valence-electron chi connectivity index (χ3n) is 2.40. The summed E-state index contributed by atoms with van der Waals surface area (Å²) < 4.78 is 26.4. The highest BCUT2D eigenvalue weighted by Gasteiger charge is 2.14. The number of carbonyl (C=O) groups is 1. The maximum atomic E-state index is 13.6. The predicted octanol–water partition coefficient (Wildman–Crippen LogP) is 2.52. The smallest absolute Gasteiger partial charge is 0.272 e. The van der Waals surface area contributed by atoms with Crippen LogP contribution >= 0.6 is 0 Å². The number of amides is 1. The Labute approximate surface area is 111 Å². The Balaban J connectivity index is 2.22. The summed E-state index contributed by atoms with van der Waals surface area (Å²) in [6.07, 6.45) is 1.09. The molecule has 6 nitrogen and oxygen atoms in total. The van der Waals surface area contributed by atoms with Gasteiger partial charge in [-0.2, -0.15) is 4.39 Å². The summed E-state index contributed by atoms with van der Waals surface area (Å²) in [5, 5.41) is 12.6. The highest BCUT2D eigenvalue weighted by atomic mass is 19.1. The lowest BCUT2D eigenvalue weighted by molar-refractivity contribution is -0.385. The fraction of sp³-hybridized carbons (Fsp3) is 0. The number of halogens is 2. The van der Waals surface area contributed by atoms with Crippen LogP contribution in [-0.4, -0.2) is 15.8 Å². The van der Waals surface area contributed by atoms with Crippen molar-refractivity contribution in [2.45, 2.75) is 0 Å². The predicted molar refractivity (Wildman–Crippen MR) is 65.2 cm³/mol. The minimum atomic E-state index is -0.956. The topological polar surface area (TPSA) is 85.1 Å². The average molecular weight is 279 g/mol. The second-order valence-electron chi connectivity index (χ2n) is 3.74. The molecule has 0 aliphatic heterocycles. The highest BCUT2D eigenvalue weighted by molar-refractivity contribution is 6.04. The molecule has 1 heterocycles. The Morgan fingerprint density at radius 1 is 1.25 bits per heavy atom. The zero-order valence-corrected chi connectivity index (χ0v) is 9.84. The lowest BCUT2D eigenvalue weighted by atomic mass is 10.2. The maximum Gasteiger partial charge on any atom is 0.272 e. The number of anilines is 1. The van der Waals surface area contributed by atoms with Gasteiger partial charge in [0.1, 0.15) is 0 Å². The fourth-order valence-corrected chi connectivity index (χ4v) is 1.46. The molecular weight excluding hydrogens is 272 g/mol. The molecule has 8 heteroatoms. The monoisotopic (exact) mass is 279 g/mol. The van der Waals surface area contributed by atoms with Crippen molar-refractivity contribution in [2.24, 2.45) is 0 Å². The van der Waals surface area contributed by atoms with Crippen LogP contribution in [0.4, 0.5) is 20.2 Å². The van der Waals surface area contributed by atoms with Crippen molar-refractivity contribution in [1.29, 1.82) is 0 Å². The first-order chi connectivity index (χ1) is 9.47. The molecule has 1 N–H and O–H groups in total. The van der Waals surface area contributed by atoms with Crippen LogP contribution in [0, 0.1) is 21.9 Å². The molecule has 0 unspecified atom stereocenters. The molecule has 1 aromatic heterocycles. The quantitative estimate of drug-likeness (QED) is 0.531. The van der Waals surface area contributed by atoms with Gasteiger partial charge in [-0.05, 0) is 12.1 Å². The normalized spacial score (nSPS) is 10.1. The molecule has 0 spiro atoms. The number of pyridine rings is 1. The van der Waals surface area contributed by atoms with Crippen molar-refractivity contribution in [3.63, 3.8) is 0 Å². The van der Waals surface area contributed by atoms with Crippen LogP contribution in [0.25, 0.3) is 0 Å². The Morgan fingerprint density at radius 3 is 2.60 bits per heavy atom. The van der Waals surface area contributed by atoms with E-state index in [0.717, 1.165) is 24.4 Å². The number of nitro benzene ring substituents is 1. The molecule has 1 aromatic carbocycles. The number of hydrogen-bond acceptors (Lipinski definition) is 4. The standard InChI is InChI=1S/C12H7F2N3O3/c13-9-6-8(17(19)20)1-2-10(9)16-12(18)7-3-4-15-11(14)5-7/h1-6H,(H,16,18). The molecule has 0 radical (unpaired) electrons. The summed E-state index contributed by atoms with van der Waals surface area (Å²) in [5.74, 6) is -2.55. The van der Waals surface area contributed by atoms with Gasteiger partial charge in [0.15, 0.2) is 5.82 Å². The molecule has 1 amide bonds. The third kappa shape index (κ3) is 2.91. The highest BCUT2D eigenvalue weighted by Crippen LogP contribution is 2.21. The van der Waals surface area contributed by atoms with Gasteiger partial charge in [-0.3, -0.25) is 14.9 Å². The van der Waals surface area contributed by atoms with E-state index >= 15 is 0 Å². The Hall–Kier alpha value is -2.90. The zero-order chi connectivity index (χ0) is 14.7. The lowest BCUT2D eigenvalue weighted by Crippen LogP contribution is -2.13. The molecule has 20 heavy (non-hydrogen) atoms. The van der Waals surface area contributed by atoms with E-state index in [4.69, 9.17) is 0 Å². The van der Waals surface area contributed by atoms with Crippen molar-refractivity contribution in [3.8, 4) is 0 Å². The van der Waals surface area contributed by atoms with Crippen LogP contribution in [0.15, 0.2) is 36.5 Å². The van der Waals surface area contributed by atoms with E-state index in [9.17, 15) is 23.7 Å². The molecule has 0 bridgehead atoms. The first-order valence-electron chi connectivity index (χ1n) is 5.34. The number of carbonyl (C=O) groups excluding carboxylic acids is 1. The molecule has 0 fully saturated rings. The Morgan fingerprint density at radius 2 is 2.00 bits per heavy atom. The maximum absolute atomic E-state index is 13.6. The number of aromatic nitrogens is 1. The summed E-state index contributed by atoms with van der Waals surface area (Å²) in [4.78, 5) is 24.7. The van der Waals surface area contributed by atoms with E-state index in [0.29, 0.717) is 6.07 Å². The molecule has 2 rings (SSSR count). The van der Waals surface area contributed by atoms with Gasteiger partial charge in [0.05, 0.1) is 16.7 Å². The van der Waals surface area contributed by atoms with E-state index in [2.05, 4.69) is 10.3 Å². The van der Waals surface area contributed by atoms with Crippen LogP contribution in [-0.2, 0) is 0 Å². The molecule has 2 aromatic rings. The summed E-state index contributed by atoms with van der Waals surface area (Å²) in [6, 6.07) is 4.93. The van der Waals surface area contributed by atoms with Gasteiger partial charge in [-0.25, -0.2) is 9.37 Å². The van der Waals surface area contributed by atoms with E-state index in [-0.39, 0.29) is 11.3 Å². The van der Waals surface area contributed by atoms with Gasteiger partial charge in [-0.1, -0.05) is 0 Å². The number of benzene rings is 1. The molecule has 0 atom stereocenters. The van der Waals surface area contributed by atoms with Gasteiger partial charge in [0, 0.05) is 23.9 Å². The number of nitrogens with one attached hydrogen (secondary N) is 1. The van der Waals surface area contributed by atoms with Gasteiger partial charge in [0.2, 0.25) is 5.95 Å². The summed E-state index contributed by atoms with van der Waals surface area (Å²) >= 11 is 0.